The molecule has 0 saturated heterocycles. The summed E-state index contributed by atoms with van der Waals surface area (Å²) in [7, 11) is -3.88. The topological polar surface area (TPSA) is 169 Å². The van der Waals surface area contributed by atoms with Gasteiger partial charge in [-0.1, -0.05) is 18.2 Å². The summed E-state index contributed by atoms with van der Waals surface area (Å²) in [5.74, 6) is -0.296. The van der Waals surface area contributed by atoms with E-state index >= 15 is 0 Å². The van der Waals surface area contributed by atoms with Gasteiger partial charge in [-0.25, -0.2) is 8.42 Å². The SMILES string of the molecule is Cc1ccc(NS(=O)(=O)c2ccc(CNC(=O)COCCOCCOCCN)cc2)c2[nH]cc(C#N)c12. The second kappa shape index (κ2) is 13.7. The molecular weight excluding hydrogens is 498 g/mol. The molecule has 0 aliphatic heterocycles. The number of nitrogens with two attached hydrogens (primary N) is 1. The van der Waals surface area contributed by atoms with E-state index < -0.39 is 10.0 Å². The summed E-state index contributed by atoms with van der Waals surface area (Å²) in [6, 6.07) is 11.7. The number of carbonyl (C=O) groups excluding carboxylic acids is 1. The maximum atomic E-state index is 12.9. The third kappa shape index (κ3) is 8.01. The van der Waals surface area contributed by atoms with E-state index in [1.54, 1.807) is 30.5 Å². The Morgan fingerprint density at radius 1 is 1.03 bits per heavy atom. The Morgan fingerprint density at radius 2 is 1.70 bits per heavy atom. The highest BCUT2D eigenvalue weighted by Gasteiger charge is 2.18. The van der Waals surface area contributed by atoms with Crippen LogP contribution in [-0.2, 0) is 35.6 Å². The van der Waals surface area contributed by atoms with Gasteiger partial charge in [0.1, 0.15) is 12.7 Å². The van der Waals surface area contributed by atoms with Crippen molar-refractivity contribution in [2.75, 3.05) is 50.9 Å². The number of rotatable bonds is 15. The molecule has 3 aromatic rings. The summed E-state index contributed by atoms with van der Waals surface area (Å²) in [4.78, 5) is 15.0. The number of aromatic nitrogens is 1. The van der Waals surface area contributed by atoms with Crippen LogP contribution in [0.4, 0.5) is 5.69 Å². The third-order valence-electron chi connectivity index (χ3n) is 5.37. The molecule has 0 unspecified atom stereocenters. The van der Waals surface area contributed by atoms with Crippen molar-refractivity contribution in [1.29, 1.82) is 5.26 Å². The lowest BCUT2D eigenvalue weighted by Gasteiger charge is -2.11. The number of nitrogens with one attached hydrogen (secondary N) is 3. The van der Waals surface area contributed by atoms with E-state index in [0.717, 1.165) is 11.1 Å². The molecule has 2 aromatic carbocycles. The van der Waals surface area contributed by atoms with Crippen LogP contribution in [0.5, 0.6) is 0 Å². The van der Waals surface area contributed by atoms with Gasteiger partial charge >= 0.3 is 0 Å². The van der Waals surface area contributed by atoms with E-state index in [4.69, 9.17) is 19.9 Å². The Balaban J connectivity index is 1.46. The Kier molecular flexibility index (Phi) is 10.4. The van der Waals surface area contributed by atoms with Crippen LogP contribution < -0.4 is 15.8 Å². The van der Waals surface area contributed by atoms with Crippen LogP contribution in [0.15, 0.2) is 47.5 Å². The van der Waals surface area contributed by atoms with Crippen LogP contribution in [0.2, 0.25) is 0 Å². The zero-order valence-electron chi connectivity index (χ0n) is 20.6. The van der Waals surface area contributed by atoms with E-state index in [1.807, 2.05) is 6.92 Å². The number of aryl methyl sites for hydroxylation is 1. The molecule has 5 N–H and O–H groups in total. The average molecular weight is 530 g/mol. The minimum Gasteiger partial charge on any atom is -0.378 e. The fraction of sp³-hybridized carbons (Fsp3) is 0.360. The maximum absolute atomic E-state index is 12.9. The molecule has 12 heteroatoms. The quantitative estimate of drug-likeness (QED) is 0.216. The number of H-pyrrole nitrogens is 1. The Morgan fingerprint density at radius 3 is 2.38 bits per heavy atom. The molecule has 11 nitrogen and oxygen atoms in total. The standard InChI is InChI=1S/C25H31N5O6S/c1-18-2-7-22(25-24(18)20(14-27)16-29-25)30-37(32,33)21-5-3-19(4-6-21)15-28-23(31)17-36-13-12-35-11-10-34-9-8-26/h2-7,16,29-30H,8-13,15,17,26H2,1H3,(H,28,31). The monoisotopic (exact) mass is 529 g/mol. The maximum Gasteiger partial charge on any atom is 0.261 e. The minimum atomic E-state index is -3.88. The first kappa shape index (κ1) is 28.1. The first-order valence-corrected chi connectivity index (χ1v) is 13.2. The van der Waals surface area contributed by atoms with Gasteiger partial charge in [-0.3, -0.25) is 9.52 Å². The Hall–Kier alpha value is -3.47. The van der Waals surface area contributed by atoms with Crippen LogP contribution in [-0.4, -0.2) is 65.5 Å². The lowest BCUT2D eigenvalue weighted by atomic mass is 10.1. The molecule has 0 radical (unpaired) electrons. The molecule has 1 heterocycles. The molecule has 0 atom stereocenters. The number of hydrogen-bond acceptors (Lipinski definition) is 8. The molecule has 1 amide bonds. The van der Waals surface area contributed by atoms with Crippen LogP contribution >= 0.6 is 0 Å². The van der Waals surface area contributed by atoms with Crippen molar-refractivity contribution in [3.63, 3.8) is 0 Å². The van der Waals surface area contributed by atoms with Crippen LogP contribution in [0.25, 0.3) is 10.9 Å². The van der Waals surface area contributed by atoms with Crippen LogP contribution in [0.3, 0.4) is 0 Å². The fourth-order valence-corrected chi connectivity index (χ4v) is 4.60. The lowest BCUT2D eigenvalue weighted by molar-refractivity contribution is -0.126. The first-order valence-electron chi connectivity index (χ1n) is 11.7. The molecule has 37 heavy (non-hydrogen) atoms. The van der Waals surface area contributed by atoms with Gasteiger partial charge in [0, 0.05) is 24.7 Å². The second-order valence-corrected chi connectivity index (χ2v) is 9.77. The number of hydrogen-bond donors (Lipinski definition) is 4. The largest absolute Gasteiger partial charge is 0.378 e. The molecular formula is C25H31N5O6S. The number of nitrogens with zero attached hydrogens (tertiary/aromatic N) is 1. The molecule has 0 aliphatic rings. The predicted octanol–water partition coefficient (Wildman–Crippen LogP) is 1.77. The highest BCUT2D eigenvalue weighted by molar-refractivity contribution is 7.92. The summed E-state index contributed by atoms with van der Waals surface area (Å²) in [5.41, 5.74) is 8.25. The zero-order valence-corrected chi connectivity index (χ0v) is 21.4. The normalized spacial score (nSPS) is 11.4. The van der Waals surface area contributed by atoms with Crippen LogP contribution in [0, 0.1) is 18.3 Å². The third-order valence-corrected chi connectivity index (χ3v) is 6.75. The Labute approximate surface area is 215 Å². The number of amides is 1. The molecule has 3 rings (SSSR count). The van der Waals surface area contributed by atoms with E-state index in [2.05, 4.69) is 21.1 Å². The van der Waals surface area contributed by atoms with Gasteiger partial charge in [-0.2, -0.15) is 5.26 Å². The summed E-state index contributed by atoms with van der Waals surface area (Å²) >= 11 is 0. The van der Waals surface area contributed by atoms with Crippen molar-refractivity contribution in [2.45, 2.75) is 18.4 Å². The highest BCUT2D eigenvalue weighted by Crippen LogP contribution is 2.30. The molecule has 0 spiro atoms. The predicted molar refractivity (Wildman–Crippen MR) is 138 cm³/mol. The number of ether oxygens (including phenoxy) is 3. The Bertz CT molecular complexity index is 1330. The molecule has 1 aromatic heterocycles. The molecule has 0 bridgehead atoms. The lowest BCUT2D eigenvalue weighted by Crippen LogP contribution is -2.27. The number of nitriles is 1. The van der Waals surface area contributed by atoms with E-state index in [0.29, 0.717) is 55.1 Å². The van der Waals surface area contributed by atoms with Gasteiger partial charge in [-0.05, 0) is 36.2 Å². The highest BCUT2D eigenvalue weighted by atomic mass is 32.2. The van der Waals surface area contributed by atoms with Gasteiger partial charge in [-0.15, -0.1) is 0 Å². The smallest absolute Gasteiger partial charge is 0.261 e. The number of carbonyl (C=O) groups is 1. The summed E-state index contributed by atoms with van der Waals surface area (Å²) in [6.07, 6.45) is 1.55. The van der Waals surface area contributed by atoms with Gasteiger partial charge in [0.05, 0.1) is 54.7 Å². The van der Waals surface area contributed by atoms with Crippen molar-refractivity contribution in [2.24, 2.45) is 5.73 Å². The van der Waals surface area contributed by atoms with Gasteiger partial charge in [0.25, 0.3) is 10.0 Å². The molecule has 0 fully saturated rings. The molecule has 0 saturated carbocycles. The van der Waals surface area contributed by atoms with Crippen LogP contribution in [0.1, 0.15) is 16.7 Å². The van der Waals surface area contributed by atoms with Crippen molar-refractivity contribution in [3.8, 4) is 6.07 Å². The second-order valence-electron chi connectivity index (χ2n) is 8.09. The zero-order chi connectivity index (χ0) is 26.7. The average Bonchev–Trinajstić information content (AvgIpc) is 3.34. The number of anilines is 1. The fourth-order valence-electron chi connectivity index (χ4n) is 3.52. The van der Waals surface area contributed by atoms with E-state index in [9.17, 15) is 18.5 Å². The molecule has 198 valence electrons. The van der Waals surface area contributed by atoms with Gasteiger partial charge < -0.3 is 30.2 Å². The van der Waals surface area contributed by atoms with E-state index in [1.165, 1.54) is 12.1 Å². The number of benzene rings is 2. The number of sulfonamides is 1. The molecule has 0 aliphatic carbocycles. The van der Waals surface area contributed by atoms with Crippen molar-refractivity contribution >= 4 is 32.5 Å². The van der Waals surface area contributed by atoms with Crippen molar-refractivity contribution < 1.29 is 27.4 Å². The van der Waals surface area contributed by atoms with Crippen molar-refractivity contribution in [1.82, 2.24) is 10.3 Å². The van der Waals surface area contributed by atoms with Crippen molar-refractivity contribution in [3.05, 3.63) is 59.3 Å². The summed E-state index contributed by atoms with van der Waals surface area (Å²) < 4.78 is 44.2. The summed E-state index contributed by atoms with van der Waals surface area (Å²) in [6.45, 7) is 4.44. The van der Waals surface area contributed by atoms with Gasteiger partial charge in [0.2, 0.25) is 5.91 Å². The number of fused-ring (bicyclic) bond motifs is 1. The first-order chi connectivity index (χ1) is 17.9. The summed E-state index contributed by atoms with van der Waals surface area (Å²) in [5, 5.41) is 12.7. The van der Waals surface area contributed by atoms with Gasteiger partial charge in [0.15, 0.2) is 0 Å². The number of aromatic amines is 1. The van der Waals surface area contributed by atoms with E-state index in [-0.39, 0.29) is 30.6 Å². The minimum absolute atomic E-state index is 0.0696.